The summed E-state index contributed by atoms with van der Waals surface area (Å²) in [6.45, 7) is 0.376. The number of rotatable bonds is 6. The van der Waals surface area contributed by atoms with Crippen molar-refractivity contribution in [3.8, 4) is 11.1 Å². The van der Waals surface area contributed by atoms with E-state index in [0.717, 1.165) is 28.7 Å². The van der Waals surface area contributed by atoms with Gasteiger partial charge in [-0.05, 0) is 35.1 Å². The van der Waals surface area contributed by atoms with Crippen molar-refractivity contribution in [1.29, 1.82) is 0 Å². The zero-order valence-electron chi connectivity index (χ0n) is 18.2. The molecule has 3 aliphatic rings. The Labute approximate surface area is 196 Å². The maximum absolute atomic E-state index is 13.2. The van der Waals surface area contributed by atoms with Gasteiger partial charge in [0.1, 0.15) is 12.6 Å². The molecule has 8 heteroatoms. The Morgan fingerprint density at radius 3 is 2.27 bits per heavy atom. The lowest BCUT2D eigenvalue weighted by Gasteiger charge is -2.43. The van der Waals surface area contributed by atoms with E-state index in [2.05, 4.69) is 29.6 Å². The van der Waals surface area contributed by atoms with Crippen LogP contribution in [0.2, 0.25) is 0 Å². The highest BCUT2D eigenvalue weighted by Gasteiger charge is 2.50. The summed E-state index contributed by atoms with van der Waals surface area (Å²) in [4.78, 5) is 38.7. The highest BCUT2D eigenvalue weighted by molar-refractivity contribution is 7.99. The fourth-order valence-electron chi connectivity index (χ4n) is 5.11. The van der Waals surface area contributed by atoms with Crippen LogP contribution in [-0.4, -0.2) is 58.8 Å². The first-order valence-electron chi connectivity index (χ1n) is 11.2. The minimum atomic E-state index is -0.979. The van der Waals surface area contributed by atoms with Crippen LogP contribution in [0.4, 0.5) is 4.79 Å². The zero-order valence-corrected chi connectivity index (χ0v) is 19.0. The average molecular weight is 467 g/mol. The molecule has 5 rings (SSSR count). The second-order valence-electron chi connectivity index (χ2n) is 8.94. The highest BCUT2D eigenvalue weighted by Crippen LogP contribution is 2.45. The third-order valence-electron chi connectivity index (χ3n) is 7.11. The Hall–Kier alpha value is -3.00. The fraction of sp³-hybridized carbons (Fsp3) is 0.400. The summed E-state index contributed by atoms with van der Waals surface area (Å²) >= 11 is 1.45. The number of hydrogen-bond acceptors (Lipinski definition) is 5. The van der Waals surface area contributed by atoms with E-state index in [1.807, 2.05) is 24.3 Å². The van der Waals surface area contributed by atoms with Crippen LogP contribution in [0.15, 0.2) is 48.5 Å². The monoisotopic (exact) mass is 466 g/mol. The molecule has 1 heterocycles. The largest absolute Gasteiger partial charge is 0.480 e. The van der Waals surface area contributed by atoms with E-state index in [4.69, 9.17) is 4.74 Å². The number of benzene rings is 2. The smallest absolute Gasteiger partial charge is 0.407 e. The number of carbonyl (C=O) groups is 3. The van der Waals surface area contributed by atoms with Crippen LogP contribution in [0.25, 0.3) is 11.1 Å². The number of carboxylic acids is 1. The molecule has 2 N–H and O–H groups in total. The Morgan fingerprint density at radius 2 is 1.70 bits per heavy atom. The number of thioether (sulfide) groups is 1. The Balaban J connectivity index is 1.21. The predicted octanol–water partition coefficient (Wildman–Crippen LogP) is 3.68. The minimum Gasteiger partial charge on any atom is -0.480 e. The standard InChI is InChI=1S/C25H26N2O5S/c28-22(29)21-13-33-15-27(21)23(30)25(10-5-11-25)14-26-24(31)32-12-20-18-8-3-1-6-16(18)17-7-2-4-9-19(17)20/h1-4,6-9,20-21H,5,10-15H2,(H,26,31)(H,28,29). The van der Waals surface area contributed by atoms with Crippen LogP contribution in [0.1, 0.15) is 36.3 Å². The van der Waals surface area contributed by atoms with Crippen molar-refractivity contribution in [3.63, 3.8) is 0 Å². The molecule has 2 aromatic carbocycles. The summed E-state index contributed by atoms with van der Waals surface area (Å²) in [5.41, 5.74) is 3.88. The number of nitrogens with zero attached hydrogens (tertiary/aromatic N) is 1. The summed E-state index contributed by atoms with van der Waals surface area (Å²) in [6.07, 6.45) is 1.62. The van der Waals surface area contributed by atoms with Gasteiger partial charge in [-0.3, -0.25) is 4.79 Å². The first-order chi connectivity index (χ1) is 16.0. The molecule has 2 aromatic rings. The van der Waals surface area contributed by atoms with Crippen LogP contribution in [0, 0.1) is 5.41 Å². The van der Waals surface area contributed by atoms with E-state index in [-0.39, 0.29) is 25.0 Å². The van der Waals surface area contributed by atoms with Crippen molar-refractivity contribution in [3.05, 3.63) is 59.7 Å². The predicted molar refractivity (Wildman–Crippen MR) is 125 cm³/mol. The average Bonchev–Trinajstić information content (AvgIpc) is 3.40. The molecule has 1 saturated heterocycles. The van der Waals surface area contributed by atoms with Gasteiger partial charge < -0.3 is 20.1 Å². The SMILES string of the molecule is O=C(NCC1(C(=O)N2CSCC2C(=O)O)CCC1)OCC1c2ccccc2-c2ccccc21. The topological polar surface area (TPSA) is 95.9 Å². The van der Waals surface area contributed by atoms with Crippen molar-refractivity contribution in [1.82, 2.24) is 10.2 Å². The lowest BCUT2D eigenvalue weighted by Crippen LogP contribution is -2.56. The number of alkyl carbamates (subject to hydrolysis) is 1. The molecule has 1 unspecified atom stereocenters. The van der Waals surface area contributed by atoms with Gasteiger partial charge in [0.15, 0.2) is 0 Å². The Morgan fingerprint density at radius 1 is 1.06 bits per heavy atom. The molecule has 2 aliphatic carbocycles. The van der Waals surface area contributed by atoms with Crippen LogP contribution in [0.5, 0.6) is 0 Å². The van der Waals surface area contributed by atoms with Gasteiger partial charge in [0.2, 0.25) is 5.91 Å². The van der Waals surface area contributed by atoms with Gasteiger partial charge in [-0.25, -0.2) is 9.59 Å². The number of nitrogens with one attached hydrogen (secondary N) is 1. The van der Waals surface area contributed by atoms with Crippen LogP contribution >= 0.6 is 11.8 Å². The van der Waals surface area contributed by atoms with Crippen molar-refractivity contribution in [2.24, 2.45) is 5.41 Å². The van der Waals surface area contributed by atoms with Gasteiger partial charge in [-0.15, -0.1) is 11.8 Å². The number of carboxylic acid groups (broad SMARTS) is 1. The molecule has 2 amide bonds. The third kappa shape index (κ3) is 3.86. The van der Waals surface area contributed by atoms with Gasteiger partial charge in [-0.1, -0.05) is 55.0 Å². The molecule has 1 saturated carbocycles. The number of hydrogen-bond donors (Lipinski definition) is 2. The molecule has 0 radical (unpaired) electrons. The van der Waals surface area contributed by atoms with Gasteiger partial charge in [0.25, 0.3) is 0 Å². The van der Waals surface area contributed by atoms with E-state index in [0.29, 0.717) is 24.5 Å². The van der Waals surface area contributed by atoms with E-state index >= 15 is 0 Å². The molecule has 172 valence electrons. The van der Waals surface area contributed by atoms with Gasteiger partial charge >= 0.3 is 12.1 Å². The molecule has 2 fully saturated rings. The first kappa shape index (κ1) is 21.8. The summed E-state index contributed by atoms with van der Waals surface area (Å²) < 4.78 is 5.60. The molecule has 1 atom stereocenters. The molecule has 33 heavy (non-hydrogen) atoms. The van der Waals surface area contributed by atoms with Crippen LogP contribution in [0.3, 0.4) is 0 Å². The van der Waals surface area contributed by atoms with Crippen molar-refractivity contribution in [2.75, 3.05) is 24.8 Å². The maximum Gasteiger partial charge on any atom is 0.407 e. The summed E-state index contributed by atoms with van der Waals surface area (Å²) in [6, 6.07) is 15.5. The zero-order chi connectivity index (χ0) is 23.0. The van der Waals surface area contributed by atoms with E-state index in [1.165, 1.54) is 16.7 Å². The number of amides is 2. The summed E-state index contributed by atoms with van der Waals surface area (Å²) in [5, 5.41) is 12.2. The summed E-state index contributed by atoms with van der Waals surface area (Å²) in [7, 11) is 0. The quantitative estimate of drug-likeness (QED) is 0.674. The molecule has 7 nitrogen and oxygen atoms in total. The van der Waals surface area contributed by atoms with E-state index in [9.17, 15) is 19.5 Å². The van der Waals surface area contributed by atoms with Crippen molar-refractivity contribution in [2.45, 2.75) is 31.2 Å². The molecule has 1 aliphatic heterocycles. The van der Waals surface area contributed by atoms with Crippen LogP contribution in [-0.2, 0) is 14.3 Å². The second kappa shape index (κ2) is 8.74. The molecule has 0 aromatic heterocycles. The maximum atomic E-state index is 13.2. The Kier molecular flexibility index (Phi) is 5.78. The van der Waals surface area contributed by atoms with E-state index in [1.54, 1.807) is 0 Å². The number of carbonyl (C=O) groups excluding carboxylic acids is 2. The van der Waals surface area contributed by atoms with Gasteiger partial charge in [0, 0.05) is 18.2 Å². The minimum absolute atomic E-state index is 0.0274. The second-order valence-corrected chi connectivity index (χ2v) is 9.94. The Bertz CT molecular complexity index is 1050. The fourth-order valence-corrected chi connectivity index (χ4v) is 6.26. The number of ether oxygens (including phenoxy) is 1. The molecule has 0 bridgehead atoms. The normalized spacial score (nSPS) is 20.5. The number of aliphatic carboxylic acids is 1. The van der Waals surface area contributed by atoms with Gasteiger partial charge in [-0.2, -0.15) is 0 Å². The summed E-state index contributed by atoms with van der Waals surface area (Å²) in [5.74, 6) is -0.405. The lowest BCUT2D eigenvalue weighted by molar-refractivity contribution is -0.155. The van der Waals surface area contributed by atoms with Gasteiger partial charge in [0.05, 0.1) is 11.3 Å². The molecule has 0 spiro atoms. The first-order valence-corrected chi connectivity index (χ1v) is 12.4. The third-order valence-corrected chi connectivity index (χ3v) is 8.12. The molecular weight excluding hydrogens is 440 g/mol. The highest BCUT2D eigenvalue weighted by atomic mass is 32.2. The van der Waals surface area contributed by atoms with Crippen LogP contribution < -0.4 is 5.32 Å². The van der Waals surface area contributed by atoms with Crippen molar-refractivity contribution < 1.29 is 24.2 Å². The number of fused-ring (bicyclic) bond motifs is 3. The lowest BCUT2D eigenvalue weighted by atomic mass is 9.67. The van der Waals surface area contributed by atoms with Crippen molar-refractivity contribution >= 4 is 29.7 Å². The molecular formula is C25H26N2O5S. The van der Waals surface area contributed by atoms with E-state index < -0.39 is 23.5 Å².